The van der Waals surface area contributed by atoms with E-state index >= 15 is 0 Å². The Balaban J connectivity index is 0.941. The molecule has 2 fully saturated rings. The Bertz CT molecular complexity index is 3500. The number of H-pyrrole nitrogens is 2. The number of nitrogens with zero attached hydrogens (tertiary/aromatic N) is 12. The van der Waals surface area contributed by atoms with Crippen LogP contribution in [-0.2, 0) is 28.7 Å². The smallest absolute Gasteiger partial charge is 0.183 e. The number of imidazole rings is 2. The van der Waals surface area contributed by atoms with E-state index in [1.807, 2.05) is 25.5 Å². The molecule has 10 aromatic rings. The highest BCUT2D eigenvalue weighted by Crippen LogP contribution is 2.39. The van der Waals surface area contributed by atoms with Crippen LogP contribution in [0.2, 0.25) is 0 Å². The normalized spacial score (nSPS) is 14.7. The Hall–Kier alpha value is -7.56. The van der Waals surface area contributed by atoms with Crippen molar-refractivity contribution < 1.29 is 9.47 Å². The Morgan fingerprint density at radius 2 is 1.27 bits per heavy atom. The van der Waals surface area contributed by atoms with Crippen LogP contribution >= 0.6 is 0 Å². The minimum absolute atomic E-state index is 0.604. The fourth-order valence-corrected chi connectivity index (χ4v) is 10.1. The molecule has 2 saturated heterocycles. The maximum absolute atomic E-state index is 5.77. The van der Waals surface area contributed by atoms with Crippen molar-refractivity contribution in [2.24, 2.45) is 0 Å². The predicted octanol–water partition coefficient (Wildman–Crippen LogP) is 7.98. The third-order valence-corrected chi connectivity index (χ3v) is 13.3. The highest BCUT2D eigenvalue weighted by molar-refractivity contribution is 5.99. The van der Waals surface area contributed by atoms with Gasteiger partial charge in [-0.25, -0.2) is 19.9 Å². The molecule has 2 aliphatic heterocycles. The molecule has 0 saturated carbocycles. The SMILES string of the molecule is CCc1c(CCc2nc(-c3cc(N4CCOCC4)cc4c3nc(C)n4-c3c(C)cnc4ccccc34)n[nH]2)nc2ccccc2c1-n1cnc2c(-c3n[nH]c(C)n3)cc(N3CCOCC3)cc21. The summed E-state index contributed by atoms with van der Waals surface area (Å²) in [5.41, 5.74) is 14.8. The Morgan fingerprint density at radius 3 is 1.97 bits per heavy atom. The number of nitrogens with one attached hydrogen (secondary N) is 2. The van der Waals surface area contributed by atoms with Gasteiger partial charge in [0.2, 0.25) is 0 Å². The van der Waals surface area contributed by atoms with Gasteiger partial charge in [-0.1, -0.05) is 43.3 Å². The molecule has 16 heteroatoms. The topological polar surface area (TPSA) is 169 Å². The van der Waals surface area contributed by atoms with Crippen LogP contribution in [0.15, 0.2) is 85.3 Å². The van der Waals surface area contributed by atoms with Crippen LogP contribution in [0.25, 0.3) is 78.0 Å². The molecule has 0 amide bonds. The third-order valence-electron chi connectivity index (χ3n) is 13.3. The zero-order chi connectivity index (χ0) is 45.2. The molecule has 6 aromatic heterocycles. The first-order chi connectivity index (χ1) is 32.9. The van der Waals surface area contributed by atoms with Crippen molar-refractivity contribution in [1.29, 1.82) is 0 Å². The maximum Gasteiger partial charge on any atom is 0.183 e. The highest BCUT2D eigenvalue weighted by atomic mass is 16.5. The number of pyridine rings is 2. The minimum Gasteiger partial charge on any atom is -0.378 e. The van der Waals surface area contributed by atoms with Crippen LogP contribution in [0.5, 0.6) is 0 Å². The van der Waals surface area contributed by atoms with E-state index in [-0.39, 0.29) is 0 Å². The first-order valence-electron chi connectivity index (χ1n) is 23.2. The molecule has 12 rings (SSSR count). The zero-order valence-electron chi connectivity index (χ0n) is 38.0. The van der Waals surface area contributed by atoms with E-state index in [0.29, 0.717) is 50.9 Å². The molecule has 67 heavy (non-hydrogen) atoms. The number of hydrogen-bond acceptors (Lipinski definition) is 12. The lowest BCUT2D eigenvalue weighted by atomic mass is 10.00. The van der Waals surface area contributed by atoms with Gasteiger partial charge in [-0.15, -0.1) is 0 Å². The van der Waals surface area contributed by atoms with Gasteiger partial charge in [-0.05, 0) is 81.1 Å². The lowest BCUT2D eigenvalue weighted by Gasteiger charge is -2.29. The largest absolute Gasteiger partial charge is 0.378 e. The van der Waals surface area contributed by atoms with Crippen LogP contribution in [0.1, 0.15) is 41.2 Å². The first kappa shape index (κ1) is 40.9. The highest BCUT2D eigenvalue weighted by Gasteiger charge is 2.25. The molecule has 8 heterocycles. The summed E-state index contributed by atoms with van der Waals surface area (Å²) in [6.07, 6.45) is 5.91. The van der Waals surface area contributed by atoms with Gasteiger partial charge < -0.3 is 19.3 Å². The zero-order valence-corrected chi connectivity index (χ0v) is 38.0. The molecule has 0 atom stereocenters. The second-order valence-corrected chi connectivity index (χ2v) is 17.4. The Labute approximate surface area is 386 Å². The molecule has 0 radical (unpaired) electrons. The quantitative estimate of drug-likeness (QED) is 0.136. The van der Waals surface area contributed by atoms with Crippen LogP contribution in [0, 0.1) is 20.8 Å². The van der Waals surface area contributed by atoms with Crippen LogP contribution in [0.4, 0.5) is 11.4 Å². The fraction of sp³-hybridized carbons (Fsp3) is 0.294. The van der Waals surface area contributed by atoms with Crippen molar-refractivity contribution in [3.05, 3.63) is 120 Å². The van der Waals surface area contributed by atoms with Crippen molar-refractivity contribution in [3.63, 3.8) is 0 Å². The van der Waals surface area contributed by atoms with E-state index in [0.717, 1.165) is 145 Å². The van der Waals surface area contributed by atoms with Gasteiger partial charge in [-0.3, -0.25) is 29.3 Å². The molecule has 2 N–H and O–H groups in total. The summed E-state index contributed by atoms with van der Waals surface area (Å²) in [6.45, 7) is 14.2. The molecule has 336 valence electrons. The summed E-state index contributed by atoms with van der Waals surface area (Å²) in [5, 5.41) is 18.0. The lowest BCUT2D eigenvalue weighted by Crippen LogP contribution is -2.36. The van der Waals surface area contributed by atoms with Gasteiger partial charge in [0.25, 0.3) is 0 Å². The molecular weight excluding hydrogens is 841 g/mol. The van der Waals surface area contributed by atoms with E-state index in [2.05, 4.69) is 122 Å². The van der Waals surface area contributed by atoms with Crippen molar-refractivity contribution in [2.75, 3.05) is 62.4 Å². The number of hydrogen-bond donors (Lipinski definition) is 2. The molecule has 0 unspecified atom stereocenters. The summed E-state index contributed by atoms with van der Waals surface area (Å²) in [6, 6.07) is 25.5. The monoisotopic (exact) mass is 890 g/mol. The number of para-hydroxylation sites is 2. The summed E-state index contributed by atoms with van der Waals surface area (Å²) < 4.78 is 16.0. The van der Waals surface area contributed by atoms with Crippen molar-refractivity contribution >= 4 is 55.2 Å². The number of morpholine rings is 2. The van der Waals surface area contributed by atoms with Gasteiger partial charge in [0.15, 0.2) is 11.6 Å². The van der Waals surface area contributed by atoms with Crippen molar-refractivity contribution in [1.82, 2.24) is 59.4 Å². The maximum atomic E-state index is 5.77. The average Bonchev–Trinajstić information content (AvgIpc) is 4.19. The third kappa shape index (κ3) is 7.14. The van der Waals surface area contributed by atoms with Gasteiger partial charge >= 0.3 is 0 Å². The van der Waals surface area contributed by atoms with Crippen LogP contribution in [0.3, 0.4) is 0 Å². The minimum atomic E-state index is 0.604. The molecule has 0 aliphatic carbocycles. The summed E-state index contributed by atoms with van der Waals surface area (Å²) >= 11 is 0. The second-order valence-electron chi connectivity index (χ2n) is 17.4. The fourth-order valence-electron chi connectivity index (χ4n) is 10.1. The van der Waals surface area contributed by atoms with Crippen molar-refractivity contribution in [3.8, 4) is 34.2 Å². The van der Waals surface area contributed by atoms with E-state index < -0.39 is 0 Å². The number of aromatic amines is 2. The average molecular weight is 891 g/mol. The van der Waals surface area contributed by atoms with Crippen molar-refractivity contribution in [2.45, 2.75) is 47.0 Å². The van der Waals surface area contributed by atoms with E-state index in [1.54, 1.807) is 0 Å². The Morgan fingerprint density at radius 1 is 0.627 bits per heavy atom. The van der Waals surface area contributed by atoms with Gasteiger partial charge in [0.05, 0.1) is 71.0 Å². The number of anilines is 2. The van der Waals surface area contributed by atoms with E-state index in [9.17, 15) is 0 Å². The van der Waals surface area contributed by atoms with Crippen LogP contribution < -0.4 is 9.80 Å². The number of ether oxygens (including phenoxy) is 2. The standard InChI is InChI=1S/C51H50N14O2/c1-5-35-42(56-41-13-9-7-11-37(41)49(35)64-29-53-46-38(50-54-31(3)58-60-50)24-33(26-43(46)64)62-16-20-66-21-17-62)14-15-45-57-51(61-59-45)39-25-34(63-18-22-67-23-19-63)27-44-47(39)55-32(4)65(44)48-30(2)28-52-40-12-8-6-10-36(40)48/h6-13,24-29H,5,14-23H2,1-4H3,(H,54,58,60)(H,57,59,61). The van der Waals surface area contributed by atoms with Gasteiger partial charge in [-0.2, -0.15) is 10.2 Å². The van der Waals surface area contributed by atoms with Gasteiger partial charge in [0.1, 0.15) is 34.8 Å². The summed E-state index contributed by atoms with van der Waals surface area (Å²) in [5.74, 6) is 3.64. The Kier molecular flexibility index (Phi) is 10.2. The molecule has 4 aromatic carbocycles. The number of aromatic nitrogens is 12. The first-order valence-corrected chi connectivity index (χ1v) is 23.2. The number of rotatable bonds is 10. The van der Waals surface area contributed by atoms with E-state index in [4.69, 9.17) is 44.5 Å². The van der Waals surface area contributed by atoms with Gasteiger partial charge in [0, 0.05) is 66.6 Å². The molecule has 0 bridgehead atoms. The summed E-state index contributed by atoms with van der Waals surface area (Å²) in [4.78, 5) is 35.1. The molecule has 2 aliphatic rings. The summed E-state index contributed by atoms with van der Waals surface area (Å²) in [7, 11) is 0. The molecule has 16 nitrogen and oxygen atoms in total. The van der Waals surface area contributed by atoms with Crippen LogP contribution in [-0.4, -0.2) is 112 Å². The second kappa shape index (κ2) is 16.7. The lowest BCUT2D eigenvalue weighted by molar-refractivity contribution is 0.122. The number of benzene rings is 4. The molecular formula is C51H50N14O2. The number of aryl methyl sites for hydroxylation is 5. The van der Waals surface area contributed by atoms with E-state index in [1.165, 1.54) is 0 Å². The molecule has 0 spiro atoms. The number of fused-ring (bicyclic) bond motifs is 4. The predicted molar refractivity (Wildman–Crippen MR) is 261 cm³/mol.